The largest absolute Gasteiger partial charge is 0.390 e. The van der Waals surface area contributed by atoms with Crippen LogP contribution in [-0.4, -0.2) is 67.8 Å². The first-order valence-corrected chi connectivity index (χ1v) is 13.1. The standard InChI is InChI=1S/C26H36ClN7O3/c1-6-26(2,37)11-14-34-21-15-18(7-8-20(21)32(5)25(34)36)29-22-19(27)16-28-24(30-22)33-12-9-17(10-13-33)23(35)31(3)4/h7-8,15-17,37H,6,9-14H2,1-5H3,(H,28,29,30). The van der Waals surface area contributed by atoms with Crippen LogP contribution in [0.5, 0.6) is 0 Å². The van der Waals surface area contributed by atoms with E-state index < -0.39 is 5.60 Å². The van der Waals surface area contributed by atoms with Crippen LogP contribution in [0.4, 0.5) is 17.5 Å². The minimum Gasteiger partial charge on any atom is -0.390 e. The highest BCUT2D eigenvalue weighted by atomic mass is 35.5. The molecule has 3 aromatic rings. The van der Waals surface area contributed by atoms with Gasteiger partial charge in [0.15, 0.2) is 5.82 Å². The van der Waals surface area contributed by atoms with Crippen LogP contribution in [0, 0.1) is 5.92 Å². The summed E-state index contributed by atoms with van der Waals surface area (Å²) in [7, 11) is 5.32. The number of nitrogens with zero attached hydrogens (tertiary/aromatic N) is 6. The Hall–Kier alpha value is -3.11. The van der Waals surface area contributed by atoms with Gasteiger partial charge in [-0.25, -0.2) is 9.78 Å². The number of hydrogen-bond acceptors (Lipinski definition) is 7. The molecule has 1 fully saturated rings. The maximum Gasteiger partial charge on any atom is 0.328 e. The van der Waals surface area contributed by atoms with Crippen molar-refractivity contribution in [3.63, 3.8) is 0 Å². The fourth-order valence-electron chi connectivity index (χ4n) is 4.66. The van der Waals surface area contributed by atoms with Crippen molar-refractivity contribution in [3.8, 4) is 0 Å². The number of imidazole rings is 1. The Bertz CT molecular complexity index is 1340. The third-order valence-corrected chi connectivity index (χ3v) is 7.62. The van der Waals surface area contributed by atoms with Crippen LogP contribution in [0.3, 0.4) is 0 Å². The van der Waals surface area contributed by atoms with E-state index >= 15 is 0 Å². The predicted molar refractivity (Wildman–Crippen MR) is 147 cm³/mol. The van der Waals surface area contributed by atoms with Crippen molar-refractivity contribution in [3.05, 3.63) is 39.9 Å². The molecule has 1 saturated heterocycles. The summed E-state index contributed by atoms with van der Waals surface area (Å²) in [4.78, 5) is 38.0. The normalized spacial score (nSPS) is 16.1. The molecule has 1 amide bonds. The Morgan fingerprint density at radius 2 is 1.97 bits per heavy atom. The van der Waals surface area contributed by atoms with Crippen molar-refractivity contribution >= 4 is 46.0 Å². The third-order valence-electron chi connectivity index (χ3n) is 7.34. The minimum atomic E-state index is -0.837. The number of amides is 1. The van der Waals surface area contributed by atoms with Crippen LogP contribution in [0.1, 0.15) is 39.5 Å². The van der Waals surface area contributed by atoms with Crippen LogP contribution >= 0.6 is 11.6 Å². The topological polar surface area (TPSA) is 109 Å². The van der Waals surface area contributed by atoms with Crippen molar-refractivity contribution in [2.45, 2.75) is 51.7 Å². The lowest BCUT2D eigenvalue weighted by molar-refractivity contribution is -0.133. The Morgan fingerprint density at radius 1 is 1.27 bits per heavy atom. The van der Waals surface area contributed by atoms with Crippen molar-refractivity contribution in [2.24, 2.45) is 13.0 Å². The first-order chi connectivity index (χ1) is 17.5. The number of benzene rings is 1. The fraction of sp³-hybridized carbons (Fsp3) is 0.538. The quantitative estimate of drug-likeness (QED) is 0.460. The molecule has 0 bridgehead atoms. The molecule has 11 heteroatoms. The first-order valence-electron chi connectivity index (χ1n) is 12.7. The predicted octanol–water partition coefficient (Wildman–Crippen LogP) is 3.38. The molecule has 200 valence electrons. The van der Waals surface area contributed by atoms with E-state index in [1.807, 2.05) is 25.1 Å². The maximum atomic E-state index is 12.9. The SMILES string of the molecule is CCC(C)(O)CCn1c(=O)n(C)c2ccc(Nc3nc(N4CCC(C(=O)N(C)C)CC4)ncc3Cl)cc21. The van der Waals surface area contributed by atoms with E-state index in [1.54, 1.807) is 48.3 Å². The van der Waals surface area contributed by atoms with Gasteiger partial charge >= 0.3 is 5.69 Å². The smallest absolute Gasteiger partial charge is 0.328 e. The number of nitrogens with one attached hydrogen (secondary N) is 1. The number of carbonyl (C=O) groups is 1. The molecule has 1 aliphatic heterocycles. The lowest BCUT2D eigenvalue weighted by Crippen LogP contribution is -2.40. The fourth-order valence-corrected chi connectivity index (χ4v) is 4.80. The highest BCUT2D eigenvalue weighted by molar-refractivity contribution is 6.32. The van der Waals surface area contributed by atoms with Gasteiger partial charge in [-0.3, -0.25) is 13.9 Å². The summed E-state index contributed by atoms with van der Waals surface area (Å²) in [5.74, 6) is 1.21. The van der Waals surface area contributed by atoms with E-state index in [2.05, 4.69) is 20.2 Å². The number of aliphatic hydroxyl groups is 1. The van der Waals surface area contributed by atoms with E-state index in [-0.39, 0.29) is 17.5 Å². The van der Waals surface area contributed by atoms with Crippen LogP contribution in [0.25, 0.3) is 11.0 Å². The van der Waals surface area contributed by atoms with Gasteiger partial charge in [0, 0.05) is 52.4 Å². The van der Waals surface area contributed by atoms with Gasteiger partial charge in [-0.15, -0.1) is 0 Å². The number of piperidine rings is 1. The minimum absolute atomic E-state index is 0.0207. The van der Waals surface area contributed by atoms with Gasteiger partial charge in [-0.2, -0.15) is 4.98 Å². The molecule has 1 atom stereocenters. The summed E-state index contributed by atoms with van der Waals surface area (Å²) in [5, 5.41) is 14.1. The molecule has 37 heavy (non-hydrogen) atoms. The molecular weight excluding hydrogens is 494 g/mol. The zero-order valence-corrected chi connectivity index (χ0v) is 22.9. The summed E-state index contributed by atoms with van der Waals surface area (Å²) in [6, 6.07) is 5.66. The number of anilines is 3. The average Bonchev–Trinajstić information content (AvgIpc) is 3.12. The molecule has 0 aliphatic carbocycles. The van der Waals surface area contributed by atoms with Crippen molar-refractivity contribution in [1.29, 1.82) is 0 Å². The van der Waals surface area contributed by atoms with Gasteiger partial charge in [0.2, 0.25) is 11.9 Å². The zero-order valence-electron chi connectivity index (χ0n) is 22.2. The number of rotatable bonds is 8. The third kappa shape index (κ3) is 5.75. The summed E-state index contributed by atoms with van der Waals surface area (Å²) < 4.78 is 3.30. The Labute approximate surface area is 221 Å². The number of aromatic nitrogens is 4. The summed E-state index contributed by atoms with van der Waals surface area (Å²) in [6.45, 7) is 5.50. The molecule has 0 saturated carbocycles. The van der Waals surface area contributed by atoms with Gasteiger partial charge in [0.1, 0.15) is 5.02 Å². The number of hydrogen-bond donors (Lipinski definition) is 2. The molecule has 1 unspecified atom stereocenters. The van der Waals surface area contributed by atoms with Gasteiger partial charge in [0.25, 0.3) is 0 Å². The van der Waals surface area contributed by atoms with Gasteiger partial charge < -0.3 is 20.2 Å². The molecule has 2 aromatic heterocycles. The van der Waals surface area contributed by atoms with Gasteiger partial charge in [-0.05, 0) is 50.8 Å². The molecule has 0 spiro atoms. The van der Waals surface area contributed by atoms with Gasteiger partial charge in [-0.1, -0.05) is 18.5 Å². The van der Waals surface area contributed by atoms with Crippen molar-refractivity contribution in [2.75, 3.05) is 37.4 Å². The Morgan fingerprint density at radius 3 is 2.62 bits per heavy atom. The molecule has 0 radical (unpaired) electrons. The Kier molecular flexibility index (Phi) is 7.80. The molecule has 2 N–H and O–H groups in total. The van der Waals surface area contributed by atoms with Crippen molar-refractivity contribution in [1.82, 2.24) is 24.0 Å². The van der Waals surface area contributed by atoms with Gasteiger partial charge in [0.05, 0.1) is 22.8 Å². The van der Waals surface area contributed by atoms with Crippen LogP contribution in [0.15, 0.2) is 29.2 Å². The average molecular weight is 530 g/mol. The number of aryl methyl sites for hydroxylation is 2. The Balaban J connectivity index is 1.55. The molecule has 1 aromatic carbocycles. The van der Waals surface area contributed by atoms with E-state index in [9.17, 15) is 14.7 Å². The summed E-state index contributed by atoms with van der Waals surface area (Å²) >= 11 is 6.44. The van der Waals surface area contributed by atoms with Crippen LogP contribution < -0.4 is 15.9 Å². The second-order valence-electron chi connectivity index (χ2n) is 10.3. The lowest BCUT2D eigenvalue weighted by Gasteiger charge is -2.32. The van der Waals surface area contributed by atoms with Crippen molar-refractivity contribution < 1.29 is 9.90 Å². The lowest BCUT2D eigenvalue weighted by atomic mass is 9.96. The van der Waals surface area contributed by atoms with Crippen LogP contribution in [-0.2, 0) is 18.4 Å². The zero-order chi connectivity index (χ0) is 26.9. The monoisotopic (exact) mass is 529 g/mol. The first kappa shape index (κ1) is 26.9. The molecule has 1 aliphatic rings. The number of halogens is 1. The number of fused-ring (bicyclic) bond motifs is 1. The molecule has 4 rings (SSSR count). The number of carbonyl (C=O) groups excluding carboxylic acids is 1. The summed E-state index contributed by atoms with van der Waals surface area (Å²) in [6.07, 6.45) is 4.15. The molecule has 3 heterocycles. The second-order valence-corrected chi connectivity index (χ2v) is 10.7. The van der Waals surface area contributed by atoms with E-state index in [0.717, 1.165) is 29.6 Å². The van der Waals surface area contributed by atoms with E-state index in [4.69, 9.17) is 11.6 Å². The van der Waals surface area contributed by atoms with E-state index in [1.165, 1.54) is 0 Å². The molecule has 10 nitrogen and oxygen atoms in total. The molecular formula is C26H36ClN7O3. The summed E-state index contributed by atoms with van der Waals surface area (Å²) in [5.41, 5.74) is 1.34. The highest BCUT2D eigenvalue weighted by Crippen LogP contribution is 2.29. The maximum absolute atomic E-state index is 12.9. The highest BCUT2D eigenvalue weighted by Gasteiger charge is 2.27. The second kappa shape index (κ2) is 10.7. The van der Waals surface area contributed by atoms with E-state index in [0.29, 0.717) is 49.3 Å². The van der Waals surface area contributed by atoms with Crippen LogP contribution in [0.2, 0.25) is 5.02 Å².